The molecule has 0 amide bonds. The second-order valence-electron chi connectivity index (χ2n) is 6.42. The van der Waals surface area contributed by atoms with Crippen molar-refractivity contribution in [2.24, 2.45) is 0 Å². The van der Waals surface area contributed by atoms with Crippen LogP contribution in [0.15, 0.2) is 60.0 Å². The van der Waals surface area contributed by atoms with Crippen molar-refractivity contribution < 1.29 is 9.50 Å². The first kappa shape index (κ1) is 19.1. The Morgan fingerprint density at radius 2 is 2.00 bits per heavy atom. The number of imidazole rings is 1. The average molecular weight is 416 g/mol. The molecule has 4 rings (SSSR count). The molecule has 0 aliphatic carbocycles. The van der Waals surface area contributed by atoms with Crippen LogP contribution < -0.4 is 5.32 Å². The van der Waals surface area contributed by atoms with Crippen LogP contribution >= 0.6 is 22.9 Å². The Balaban J connectivity index is 1.65. The number of benzene rings is 2. The molecule has 0 saturated heterocycles. The highest BCUT2D eigenvalue weighted by Crippen LogP contribution is 2.27. The van der Waals surface area contributed by atoms with Gasteiger partial charge in [0.1, 0.15) is 11.6 Å². The number of aliphatic hydroxyl groups is 1. The molecule has 0 bridgehead atoms. The van der Waals surface area contributed by atoms with Gasteiger partial charge in [0.2, 0.25) is 0 Å². The van der Waals surface area contributed by atoms with Crippen molar-refractivity contribution in [2.45, 2.75) is 19.1 Å². The number of fused-ring (bicyclic) bond motifs is 1. The average Bonchev–Trinajstić information content (AvgIpc) is 3.33. The normalized spacial score (nSPS) is 12.5. The van der Waals surface area contributed by atoms with E-state index in [1.54, 1.807) is 23.5 Å². The molecule has 0 saturated carbocycles. The van der Waals surface area contributed by atoms with E-state index in [1.807, 2.05) is 34.2 Å². The maximum atomic E-state index is 13.4. The van der Waals surface area contributed by atoms with E-state index in [4.69, 9.17) is 16.6 Å². The fourth-order valence-corrected chi connectivity index (χ4v) is 4.31. The van der Waals surface area contributed by atoms with Crippen LogP contribution in [-0.4, -0.2) is 21.3 Å². The van der Waals surface area contributed by atoms with Gasteiger partial charge in [-0.2, -0.15) is 0 Å². The highest BCUT2D eigenvalue weighted by Gasteiger charge is 2.17. The summed E-state index contributed by atoms with van der Waals surface area (Å²) in [7, 11) is 0. The molecule has 0 fully saturated rings. The molecular formula is C21H19ClFN3OS. The molecule has 4 nitrogen and oxygen atoms in total. The molecule has 2 aromatic carbocycles. The Hall–Kier alpha value is -2.25. The second kappa shape index (κ2) is 8.41. The van der Waals surface area contributed by atoms with Crippen molar-refractivity contribution >= 4 is 34.0 Å². The van der Waals surface area contributed by atoms with E-state index in [-0.39, 0.29) is 18.5 Å². The van der Waals surface area contributed by atoms with Gasteiger partial charge in [-0.1, -0.05) is 29.8 Å². The summed E-state index contributed by atoms with van der Waals surface area (Å²) >= 11 is 7.79. The number of aliphatic hydroxyl groups excluding tert-OH is 1. The minimum atomic E-state index is -0.254. The Kier molecular flexibility index (Phi) is 5.73. The fourth-order valence-electron chi connectivity index (χ4n) is 3.32. The zero-order valence-corrected chi connectivity index (χ0v) is 16.6. The Morgan fingerprint density at radius 3 is 2.71 bits per heavy atom. The quantitative estimate of drug-likeness (QED) is 0.457. The van der Waals surface area contributed by atoms with Gasteiger partial charge in [-0.3, -0.25) is 5.32 Å². The number of aromatic nitrogens is 2. The third-order valence-electron chi connectivity index (χ3n) is 4.61. The van der Waals surface area contributed by atoms with Crippen LogP contribution in [-0.2, 0) is 13.1 Å². The van der Waals surface area contributed by atoms with Crippen molar-refractivity contribution in [2.75, 3.05) is 6.61 Å². The Labute approximate surface area is 171 Å². The summed E-state index contributed by atoms with van der Waals surface area (Å²) < 4.78 is 15.3. The maximum Gasteiger partial charge on any atom is 0.123 e. The van der Waals surface area contributed by atoms with E-state index >= 15 is 0 Å². The second-order valence-corrected chi connectivity index (χ2v) is 7.83. The van der Waals surface area contributed by atoms with Crippen LogP contribution in [0.25, 0.3) is 11.0 Å². The minimum absolute atomic E-state index is 0.0112. The Morgan fingerprint density at radius 1 is 1.18 bits per heavy atom. The van der Waals surface area contributed by atoms with E-state index in [1.165, 1.54) is 12.1 Å². The molecule has 28 heavy (non-hydrogen) atoms. The summed E-state index contributed by atoms with van der Waals surface area (Å²) in [4.78, 5) is 5.85. The number of halogens is 2. The van der Waals surface area contributed by atoms with Gasteiger partial charge in [0.25, 0.3) is 0 Å². The van der Waals surface area contributed by atoms with Gasteiger partial charge in [-0.15, -0.1) is 11.3 Å². The van der Waals surface area contributed by atoms with Crippen LogP contribution in [0, 0.1) is 5.82 Å². The largest absolute Gasteiger partial charge is 0.395 e. The molecule has 0 spiro atoms. The van der Waals surface area contributed by atoms with Gasteiger partial charge in [0, 0.05) is 16.4 Å². The molecule has 0 radical (unpaired) electrons. The van der Waals surface area contributed by atoms with E-state index in [9.17, 15) is 9.50 Å². The molecule has 4 aromatic rings. The molecule has 0 unspecified atom stereocenters. The van der Waals surface area contributed by atoms with Crippen molar-refractivity contribution in [3.63, 3.8) is 0 Å². The summed E-state index contributed by atoms with van der Waals surface area (Å²) in [5.74, 6) is 0.560. The lowest BCUT2D eigenvalue weighted by molar-refractivity contribution is 0.275. The van der Waals surface area contributed by atoms with Crippen LogP contribution in [0.3, 0.4) is 0 Å². The molecule has 2 heterocycles. The van der Waals surface area contributed by atoms with Gasteiger partial charge >= 0.3 is 0 Å². The SMILES string of the molecule is OCCn1c(CN[C@H](c2ccc(F)cc2)c2cccs2)nc2ccc(Cl)cc21. The summed E-state index contributed by atoms with van der Waals surface area (Å²) in [6, 6.07) is 16.1. The topological polar surface area (TPSA) is 50.1 Å². The lowest BCUT2D eigenvalue weighted by Crippen LogP contribution is -2.23. The lowest BCUT2D eigenvalue weighted by atomic mass is 10.1. The van der Waals surface area contributed by atoms with Crippen molar-refractivity contribution in [3.05, 3.63) is 87.1 Å². The lowest BCUT2D eigenvalue weighted by Gasteiger charge is -2.18. The number of hydrogen-bond donors (Lipinski definition) is 2. The standard InChI is InChI=1S/C21H19ClFN3OS/c22-15-5-8-17-18(12-15)26(9-10-27)20(25-17)13-24-21(19-2-1-11-28-19)14-3-6-16(23)7-4-14/h1-8,11-12,21,24,27H,9-10,13H2/t21-/m1/s1. The molecular weight excluding hydrogens is 397 g/mol. The molecule has 1 atom stereocenters. The first-order chi connectivity index (χ1) is 13.7. The molecule has 2 aromatic heterocycles. The monoisotopic (exact) mass is 415 g/mol. The summed E-state index contributed by atoms with van der Waals surface area (Å²) in [5.41, 5.74) is 2.72. The van der Waals surface area contributed by atoms with Gasteiger partial charge < -0.3 is 9.67 Å². The van der Waals surface area contributed by atoms with Gasteiger partial charge in [0.15, 0.2) is 0 Å². The highest BCUT2D eigenvalue weighted by molar-refractivity contribution is 7.10. The van der Waals surface area contributed by atoms with Crippen molar-refractivity contribution in [3.8, 4) is 0 Å². The highest BCUT2D eigenvalue weighted by atomic mass is 35.5. The predicted octanol–water partition coefficient (Wildman–Crippen LogP) is 4.76. The zero-order valence-electron chi connectivity index (χ0n) is 15.0. The first-order valence-electron chi connectivity index (χ1n) is 8.93. The van der Waals surface area contributed by atoms with Crippen LogP contribution in [0.2, 0.25) is 5.02 Å². The van der Waals surface area contributed by atoms with Gasteiger partial charge in [0.05, 0.1) is 30.2 Å². The maximum absolute atomic E-state index is 13.4. The van der Waals surface area contributed by atoms with Gasteiger partial charge in [-0.05, 0) is 47.3 Å². The van der Waals surface area contributed by atoms with Crippen LogP contribution in [0.4, 0.5) is 4.39 Å². The summed E-state index contributed by atoms with van der Waals surface area (Å²) in [6.45, 7) is 0.942. The van der Waals surface area contributed by atoms with Crippen LogP contribution in [0.5, 0.6) is 0 Å². The van der Waals surface area contributed by atoms with E-state index in [0.29, 0.717) is 18.1 Å². The zero-order chi connectivity index (χ0) is 19.5. The molecule has 0 aliphatic rings. The number of rotatable bonds is 7. The molecule has 0 aliphatic heterocycles. The minimum Gasteiger partial charge on any atom is -0.395 e. The fraction of sp³-hybridized carbons (Fsp3) is 0.190. The third kappa shape index (κ3) is 3.95. The summed E-state index contributed by atoms with van der Waals surface area (Å²) in [5, 5.41) is 15.7. The van der Waals surface area contributed by atoms with Gasteiger partial charge in [-0.25, -0.2) is 9.37 Å². The predicted molar refractivity (Wildman–Crippen MR) is 111 cm³/mol. The summed E-state index contributed by atoms with van der Waals surface area (Å²) in [6.07, 6.45) is 0. The number of hydrogen-bond acceptors (Lipinski definition) is 4. The van der Waals surface area contributed by atoms with E-state index in [2.05, 4.69) is 11.4 Å². The Bertz CT molecular complexity index is 1060. The smallest absolute Gasteiger partial charge is 0.123 e. The van der Waals surface area contributed by atoms with Crippen molar-refractivity contribution in [1.29, 1.82) is 0 Å². The molecule has 2 N–H and O–H groups in total. The molecule has 144 valence electrons. The number of nitrogens with one attached hydrogen (secondary N) is 1. The van der Waals surface area contributed by atoms with E-state index in [0.717, 1.165) is 27.3 Å². The van der Waals surface area contributed by atoms with Crippen LogP contribution in [0.1, 0.15) is 22.3 Å². The number of thiophene rings is 1. The van der Waals surface area contributed by atoms with E-state index < -0.39 is 0 Å². The number of nitrogens with zero attached hydrogens (tertiary/aromatic N) is 2. The van der Waals surface area contributed by atoms with Crippen molar-refractivity contribution in [1.82, 2.24) is 14.9 Å². The first-order valence-corrected chi connectivity index (χ1v) is 10.2. The molecule has 7 heteroatoms. The third-order valence-corrected chi connectivity index (χ3v) is 5.78.